The van der Waals surface area contributed by atoms with Crippen LogP contribution in [0, 0.1) is 13.8 Å². The van der Waals surface area contributed by atoms with Gasteiger partial charge < -0.3 is 10.2 Å². The fourth-order valence-corrected chi connectivity index (χ4v) is 5.26. The van der Waals surface area contributed by atoms with Crippen LogP contribution in [0.15, 0.2) is 70.6 Å². The number of benzene rings is 3. The van der Waals surface area contributed by atoms with E-state index in [1.165, 1.54) is 17.7 Å². The second-order valence-electron chi connectivity index (χ2n) is 9.18. The lowest BCUT2D eigenvalue weighted by atomic mass is 10.1. The van der Waals surface area contributed by atoms with Gasteiger partial charge in [-0.05, 0) is 67.4 Å². The molecule has 0 aliphatic heterocycles. The van der Waals surface area contributed by atoms with Crippen molar-refractivity contribution in [3.05, 3.63) is 92.7 Å². The SMILES string of the molecule is Cc1cc(C)cc(-n2c(SCC(=O)N(C)CC(=O)Nc3ccc(Cl)c(C(F)(F)F)c3)nc3ccccc3c2=O)c1. The molecule has 3 aromatic carbocycles. The second-order valence-corrected chi connectivity index (χ2v) is 10.5. The molecule has 0 saturated carbocycles. The van der Waals surface area contributed by atoms with Gasteiger partial charge in [0.15, 0.2) is 5.16 Å². The zero-order valence-corrected chi connectivity index (χ0v) is 23.2. The molecule has 208 valence electrons. The highest BCUT2D eigenvalue weighted by Crippen LogP contribution is 2.36. The minimum atomic E-state index is -4.68. The number of anilines is 1. The molecule has 0 atom stereocenters. The molecule has 0 unspecified atom stereocenters. The molecule has 40 heavy (non-hydrogen) atoms. The van der Waals surface area contributed by atoms with Crippen molar-refractivity contribution in [2.75, 3.05) is 24.7 Å². The first-order valence-corrected chi connectivity index (χ1v) is 13.3. The number of carbonyl (C=O) groups excluding carboxylic acids is 2. The van der Waals surface area contributed by atoms with Gasteiger partial charge in [-0.25, -0.2) is 4.98 Å². The van der Waals surface area contributed by atoms with Gasteiger partial charge in [0.05, 0.1) is 39.5 Å². The van der Waals surface area contributed by atoms with E-state index in [2.05, 4.69) is 10.3 Å². The Morgan fingerprint density at radius 3 is 2.40 bits per heavy atom. The number of para-hydroxylation sites is 1. The molecule has 1 N–H and O–H groups in total. The summed E-state index contributed by atoms with van der Waals surface area (Å²) in [5.74, 6) is -1.27. The van der Waals surface area contributed by atoms with Crippen molar-refractivity contribution in [2.45, 2.75) is 25.2 Å². The van der Waals surface area contributed by atoms with E-state index in [1.807, 2.05) is 32.0 Å². The number of nitrogens with one attached hydrogen (secondary N) is 1. The largest absolute Gasteiger partial charge is 0.417 e. The Kier molecular flexibility index (Phi) is 8.55. The van der Waals surface area contributed by atoms with Gasteiger partial charge >= 0.3 is 6.18 Å². The molecular formula is C28H24ClF3N4O3S. The van der Waals surface area contributed by atoms with Gasteiger partial charge in [-0.2, -0.15) is 13.2 Å². The summed E-state index contributed by atoms with van der Waals surface area (Å²) < 4.78 is 40.8. The van der Waals surface area contributed by atoms with Gasteiger partial charge in [0, 0.05) is 12.7 Å². The zero-order valence-electron chi connectivity index (χ0n) is 21.7. The maximum atomic E-state index is 13.5. The lowest BCUT2D eigenvalue weighted by Crippen LogP contribution is -2.36. The van der Waals surface area contributed by atoms with Crippen LogP contribution in [-0.2, 0) is 15.8 Å². The van der Waals surface area contributed by atoms with Crippen molar-refractivity contribution in [3.8, 4) is 5.69 Å². The molecule has 2 amide bonds. The number of fused-ring (bicyclic) bond motifs is 1. The first-order chi connectivity index (χ1) is 18.8. The summed E-state index contributed by atoms with van der Waals surface area (Å²) in [6.07, 6.45) is -4.68. The van der Waals surface area contributed by atoms with Crippen LogP contribution in [0.1, 0.15) is 16.7 Å². The number of halogens is 4. The molecule has 0 aliphatic rings. The van der Waals surface area contributed by atoms with Crippen LogP contribution >= 0.6 is 23.4 Å². The van der Waals surface area contributed by atoms with Crippen molar-refractivity contribution in [2.24, 2.45) is 0 Å². The number of carbonyl (C=O) groups is 2. The number of nitrogens with zero attached hydrogens (tertiary/aromatic N) is 3. The Bertz CT molecular complexity index is 1650. The third-order valence-electron chi connectivity index (χ3n) is 5.90. The number of rotatable bonds is 7. The molecule has 0 spiro atoms. The summed E-state index contributed by atoms with van der Waals surface area (Å²) in [6, 6.07) is 15.6. The van der Waals surface area contributed by atoms with Crippen molar-refractivity contribution < 1.29 is 22.8 Å². The Morgan fingerprint density at radius 1 is 1.05 bits per heavy atom. The first-order valence-electron chi connectivity index (χ1n) is 12.0. The summed E-state index contributed by atoms with van der Waals surface area (Å²) in [6.45, 7) is 3.43. The van der Waals surface area contributed by atoms with Crippen LogP contribution in [0.3, 0.4) is 0 Å². The van der Waals surface area contributed by atoms with Crippen LogP contribution in [0.5, 0.6) is 0 Å². The number of alkyl halides is 3. The number of likely N-dealkylation sites (N-methyl/N-ethyl adjacent to an activating group) is 1. The Labute approximate surface area is 237 Å². The standard InChI is InChI=1S/C28H24ClF3N4O3S/c1-16-10-17(2)12-19(11-16)36-26(39)20-6-4-5-7-23(20)34-27(36)40-15-25(38)35(3)14-24(37)33-18-8-9-22(29)21(13-18)28(30,31)32/h4-13H,14-15H2,1-3H3,(H,33,37). The summed E-state index contributed by atoms with van der Waals surface area (Å²) >= 11 is 6.67. The molecule has 1 heterocycles. The number of hydrogen-bond acceptors (Lipinski definition) is 5. The third kappa shape index (κ3) is 6.65. The van der Waals surface area contributed by atoms with E-state index in [1.54, 1.807) is 24.3 Å². The maximum Gasteiger partial charge on any atom is 0.417 e. The molecule has 0 aliphatic carbocycles. The zero-order chi connectivity index (χ0) is 29.2. The van der Waals surface area contributed by atoms with Crippen LogP contribution in [0.4, 0.5) is 18.9 Å². The van der Waals surface area contributed by atoms with Crippen LogP contribution in [0.25, 0.3) is 16.6 Å². The maximum absolute atomic E-state index is 13.5. The Balaban J connectivity index is 1.51. The summed E-state index contributed by atoms with van der Waals surface area (Å²) in [7, 11) is 1.40. The molecule has 0 saturated heterocycles. The van der Waals surface area contributed by atoms with E-state index in [9.17, 15) is 27.6 Å². The molecule has 1 aromatic heterocycles. The van der Waals surface area contributed by atoms with Gasteiger partial charge in [0.25, 0.3) is 5.56 Å². The predicted molar refractivity (Wildman–Crippen MR) is 150 cm³/mol. The monoisotopic (exact) mass is 588 g/mol. The fourth-order valence-electron chi connectivity index (χ4n) is 4.08. The van der Waals surface area contributed by atoms with Gasteiger partial charge in [0.2, 0.25) is 11.8 Å². The predicted octanol–water partition coefficient (Wildman–Crippen LogP) is 5.86. The van der Waals surface area contributed by atoms with Gasteiger partial charge in [-0.15, -0.1) is 0 Å². The highest BCUT2D eigenvalue weighted by atomic mass is 35.5. The lowest BCUT2D eigenvalue weighted by molar-refractivity contribution is -0.137. The third-order valence-corrected chi connectivity index (χ3v) is 7.15. The minimum absolute atomic E-state index is 0.102. The van der Waals surface area contributed by atoms with Crippen LogP contribution in [-0.4, -0.2) is 45.6 Å². The highest BCUT2D eigenvalue weighted by molar-refractivity contribution is 7.99. The van der Waals surface area contributed by atoms with E-state index in [0.29, 0.717) is 21.7 Å². The first kappa shape index (κ1) is 29.2. The second kappa shape index (κ2) is 11.7. The van der Waals surface area contributed by atoms with Gasteiger partial charge in [-0.1, -0.05) is 41.6 Å². The molecule has 0 radical (unpaired) electrons. The quantitative estimate of drug-likeness (QED) is 0.216. The summed E-state index contributed by atoms with van der Waals surface area (Å²) in [5, 5.41) is 2.60. The van der Waals surface area contributed by atoms with Crippen molar-refractivity contribution in [1.82, 2.24) is 14.5 Å². The molecule has 0 bridgehead atoms. The van der Waals surface area contributed by atoms with E-state index >= 15 is 0 Å². The van der Waals surface area contributed by atoms with Crippen molar-refractivity contribution in [3.63, 3.8) is 0 Å². The Morgan fingerprint density at radius 2 is 1.73 bits per heavy atom. The smallest absolute Gasteiger partial charge is 0.336 e. The number of aryl methyl sites for hydroxylation is 2. The number of thioether (sulfide) groups is 1. The average molecular weight is 589 g/mol. The molecule has 4 aromatic rings. The molecule has 0 fully saturated rings. The molecule has 12 heteroatoms. The van der Waals surface area contributed by atoms with Crippen LogP contribution in [0.2, 0.25) is 5.02 Å². The average Bonchev–Trinajstić information content (AvgIpc) is 2.87. The normalized spacial score (nSPS) is 11.5. The Hall–Kier alpha value is -3.83. The highest BCUT2D eigenvalue weighted by Gasteiger charge is 2.33. The summed E-state index contributed by atoms with van der Waals surface area (Å²) in [5.41, 5.74) is 1.55. The lowest BCUT2D eigenvalue weighted by Gasteiger charge is -2.18. The fraction of sp³-hybridized carbons (Fsp3) is 0.214. The van der Waals surface area contributed by atoms with E-state index in [4.69, 9.17) is 11.6 Å². The molecule has 4 rings (SSSR count). The minimum Gasteiger partial charge on any atom is -0.336 e. The van der Waals surface area contributed by atoms with E-state index in [-0.39, 0.29) is 17.0 Å². The molecular weight excluding hydrogens is 565 g/mol. The summed E-state index contributed by atoms with van der Waals surface area (Å²) in [4.78, 5) is 44.6. The van der Waals surface area contributed by atoms with Crippen molar-refractivity contribution >= 4 is 51.8 Å². The molecule has 7 nitrogen and oxygen atoms in total. The van der Waals surface area contributed by atoms with E-state index < -0.39 is 35.1 Å². The van der Waals surface area contributed by atoms with Gasteiger partial charge in [-0.3, -0.25) is 19.0 Å². The van der Waals surface area contributed by atoms with Gasteiger partial charge in [0.1, 0.15) is 0 Å². The van der Waals surface area contributed by atoms with Crippen molar-refractivity contribution in [1.29, 1.82) is 0 Å². The topological polar surface area (TPSA) is 84.3 Å². The van der Waals surface area contributed by atoms with E-state index in [0.717, 1.165) is 39.9 Å². The number of hydrogen-bond donors (Lipinski definition) is 1. The number of amides is 2. The number of aromatic nitrogens is 2. The van der Waals surface area contributed by atoms with Crippen LogP contribution < -0.4 is 10.9 Å².